The molecule has 18 heavy (non-hydrogen) atoms. The Morgan fingerprint density at radius 1 is 1.33 bits per heavy atom. The van der Waals surface area contributed by atoms with Gasteiger partial charge in [0, 0.05) is 6.61 Å². The Morgan fingerprint density at radius 2 is 2.11 bits per heavy atom. The highest BCUT2D eigenvalue weighted by Crippen LogP contribution is 2.22. The molecular weight excluding hydrogens is 228 g/mol. The minimum atomic E-state index is -0.715. The number of carbonyl (C=O) groups is 1. The molecule has 1 aliphatic rings. The van der Waals surface area contributed by atoms with Crippen LogP contribution >= 0.6 is 0 Å². The van der Waals surface area contributed by atoms with Crippen LogP contribution in [0.3, 0.4) is 0 Å². The number of ether oxygens (including phenoxy) is 1. The highest BCUT2D eigenvalue weighted by Gasteiger charge is 2.24. The zero-order chi connectivity index (χ0) is 12.8. The molecule has 1 aromatic rings. The SMILES string of the molecule is O=C(O)C(Cc1ccccc1)CC1CCCCO1. The van der Waals surface area contributed by atoms with E-state index in [9.17, 15) is 9.90 Å². The van der Waals surface area contributed by atoms with Gasteiger partial charge in [-0.2, -0.15) is 0 Å². The molecule has 1 N–H and O–H groups in total. The Labute approximate surface area is 108 Å². The second-order valence-corrected chi connectivity index (χ2v) is 4.95. The van der Waals surface area contributed by atoms with Crippen molar-refractivity contribution in [2.45, 2.75) is 38.2 Å². The van der Waals surface area contributed by atoms with Gasteiger partial charge in [0.2, 0.25) is 0 Å². The van der Waals surface area contributed by atoms with Crippen LogP contribution in [0.25, 0.3) is 0 Å². The summed E-state index contributed by atoms with van der Waals surface area (Å²) in [6.07, 6.45) is 4.61. The van der Waals surface area contributed by atoms with Crippen LogP contribution in [0, 0.1) is 5.92 Å². The van der Waals surface area contributed by atoms with E-state index < -0.39 is 5.97 Å². The van der Waals surface area contributed by atoms with Crippen LogP contribution in [0.1, 0.15) is 31.2 Å². The molecule has 2 rings (SSSR count). The lowest BCUT2D eigenvalue weighted by Crippen LogP contribution is -2.27. The van der Waals surface area contributed by atoms with E-state index in [1.54, 1.807) is 0 Å². The smallest absolute Gasteiger partial charge is 0.306 e. The Balaban J connectivity index is 1.93. The molecule has 0 bridgehead atoms. The molecule has 0 amide bonds. The summed E-state index contributed by atoms with van der Waals surface area (Å²) >= 11 is 0. The number of carboxylic acid groups (broad SMARTS) is 1. The van der Waals surface area contributed by atoms with Gasteiger partial charge in [-0.15, -0.1) is 0 Å². The van der Waals surface area contributed by atoms with Gasteiger partial charge in [0.25, 0.3) is 0 Å². The Kier molecular flexibility index (Phi) is 4.76. The summed E-state index contributed by atoms with van der Waals surface area (Å²) in [7, 11) is 0. The van der Waals surface area contributed by atoms with Gasteiger partial charge in [-0.3, -0.25) is 4.79 Å². The highest BCUT2D eigenvalue weighted by molar-refractivity contribution is 5.70. The van der Waals surface area contributed by atoms with Crippen molar-refractivity contribution >= 4 is 5.97 Å². The quantitative estimate of drug-likeness (QED) is 0.871. The third-order valence-corrected chi connectivity index (χ3v) is 3.50. The van der Waals surface area contributed by atoms with E-state index in [1.807, 2.05) is 30.3 Å². The standard InChI is InChI=1S/C15H20O3/c16-15(17)13(10-12-6-2-1-3-7-12)11-14-8-4-5-9-18-14/h1-3,6-7,13-14H,4-5,8-11H2,(H,16,17). The van der Waals surface area contributed by atoms with Crippen molar-refractivity contribution in [2.75, 3.05) is 6.61 Å². The summed E-state index contributed by atoms with van der Waals surface area (Å²) in [4.78, 5) is 11.3. The van der Waals surface area contributed by atoms with Crippen molar-refractivity contribution < 1.29 is 14.6 Å². The topological polar surface area (TPSA) is 46.5 Å². The largest absolute Gasteiger partial charge is 0.481 e. The maximum Gasteiger partial charge on any atom is 0.306 e. The highest BCUT2D eigenvalue weighted by atomic mass is 16.5. The molecule has 0 aromatic heterocycles. The van der Waals surface area contributed by atoms with Crippen LogP contribution in [0.15, 0.2) is 30.3 Å². The predicted molar refractivity (Wildman–Crippen MR) is 69.5 cm³/mol. The fraction of sp³-hybridized carbons (Fsp3) is 0.533. The van der Waals surface area contributed by atoms with E-state index in [0.717, 1.165) is 31.4 Å². The molecule has 2 atom stereocenters. The molecule has 1 heterocycles. The summed E-state index contributed by atoms with van der Waals surface area (Å²) in [5.41, 5.74) is 1.08. The lowest BCUT2D eigenvalue weighted by atomic mass is 9.91. The third-order valence-electron chi connectivity index (χ3n) is 3.50. The number of hydrogen-bond acceptors (Lipinski definition) is 2. The molecule has 3 heteroatoms. The van der Waals surface area contributed by atoms with Crippen LogP contribution < -0.4 is 0 Å². The van der Waals surface area contributed by atoms with Crippen LogP contribution in [0.4, 0.5) is 0 Å². The molecule has 2 unspecified atom stereocenters. The fourth-order valence-corrected chi connectivity index (χ4v) is 2.48. The maximum atomic E-state index is 11.3. The molecule has 98 valence electrons. The van der Waals surface area contributed by atoms with Gasteiger partial charge in [-0.05, 0) is 37.7 Å². The zero-order valence-electron chi connectivity index (χ0n) is 10.5. The van der Waals surface area contributed by atoms with Crippen molar-refractivity contribution in [3.63, 3.8) is 0 Å². The van der Waals surface area contributed by atoms with Crippen LogP contribution in [-0.2, 0) is 16.0 Å². The van der Waals surface area contributed by atoms with Gasteiger partial charge in [-0.25, -0.2) is 0 Å². The molecule has 1 aliphatic heterocycles. The number of carboxylic acids is 1. The molecule has 0 aliphatic carbocycles. The average Bonchev–Trinajstić information content (AvgIpc) is 2.40. The first-order valence-corrected chi connectivity index (χ1v) is 6.64. The molecule has 0 spiro atoms. The lowest BCUT2D eigenvalue weighted by molar-refractivity contribution is -0.143. The first-order chi connectivity index (χ1) is 8.75. The van der Waals surface area contributed by atoms with E-state index in [1.165, 1.54) is 0 Å². The Hall–Kier alpha value is -1.35. The van der Waals surface area contributed by atoms with Crippen molar-refractivity contribution in [2.24, 2.45) is 5.92 Å². The maximum absolute atomic E-state index is 11.3. The predicted octanol–water partition coefficient (Wildman–Crippen LogP) is 2.89. The zero-order valence-corrected chi connectivity index (χ0v) is 10.5. The van der Waals surface area contributed by atoms with Crippen molar-refractivity contribution in [3.05, 3.63) is 35.9 Å². The van der Waals surface area contributed by atoms with Gasteiger partial charge in [0.05, 0.1) is 12.0 Å². The monoisotopic (exact) mass is 248 g/mol. The number of rotatable bonds is 5. The van der Waals surface area contributed by atoms with E-state index in [4.69, 9.17) is 4.74 Å². The fourth-order valence-electron chi connectivity index (χ4n) is 2.48. The molecule has 1 saturated heterocycles. The first-order valence-electron chi connectivity index (χ1n) is 6.64. The summed E-state index contributed by atoms with van der Waals surface area (Å²) < 4.78 is 5.63. The van der Waals surface area contributed by atoms with Gasteiger partial charge in [-0.1, -0.05) is 30.3 Å². The van der Waals surface area contributed by atoms with Gasteiger partial charge in [0.15, 0.2) is 0 Å². The Morgan fingerprint density at radius 3 is 2.72 bits per heavy atom. The third kappa shape index (κ3) is 3.84. The van der Waals surface area contributed by atoms with Crippen molar-refractivity contribution in [1.82, 2.24) is 0 Å². The van der Waals surface area contributed by atoms with Gasteiger partial charge in [0.1, 0.15) is 0 Å². The van der Waals surface area contributed by atoms with E-state index >= 15 is 0 Å². The second kappa shape index (κ2) is 6.55. The van der Waals surface area contributed by atoms with Crippen LogP contribution in [0.5, 0.6) is 0 Å². The number of aliphatic carboxylic acids is 1. The first kappa shape index (κ1) is 13.1. The summed E-state index contributed by atoms with van der Waals surface area (Å²) in [6, 6.07) is 9.82. The normalized spacial score (nSPS) is 21.4. The summed E-state index contributed by atoms with van der Waals surface area (Å²) in [6.45, 7) is 0.780. The Bertz CT molecular complexity index is 369. The lowest BCUT2D eigenvalue weighted by Gasteiger charge is -2.25. The summed E-state index contributed by atoms with van der Waals surface area (Å²) in [5.74, 6) is -1.05. The van der Waals surface area contributed by atoms with Crippen molar-refractivity contribution in [3.8, 4) is 0 Å². The number of hydrogen-bond donors (Lipinski definition) is 1. The van der Waals surface area contributed by atoms with Crippen LogP contribution in [0.2, 0.25) is 0 Å². The molecule has 0 radical (unpaired) electrons. The summed E-state index contributed by atoms with van der Waals surface area (Å²) in [5, 5.41) is 9.31. The molecule has 3 nitrogen and oxygen atoms in total. The van der Waals surface area contributed by atoms with Crippen molar-refractivity contribution in [1.29, 1.82) is 0 Å². The van der Waals surface area contributed by atoms with E-state index in [-0.39, 0.29) is 12.0 Å². The molecule has 0 saturated carbocycles. The average molecular weight is 248 g/mol. The number of benzene rings is 1. The minimum Gasteiger partial charge on any atom is -0.481 e. The van der Waals surface area contributed by atoms with E-state index in [2.05, 4.69) is 0 Å². The molecule has 1 aromatic carbocycles. The molecular formula is C15H20O3. The molecule has 1 fully saturated rings. The second-order valence-electron chi connectivity index (χ2n) is 4.95. The van der Waals surface area contributed by atoms with E-state index in [0.29, 0.717) is 12.8 Å². The minimum absolute atomic E-state index is 0.128. The van der Waals surface area contributed by atoms with Gasteiger partial charge >= 0.3 is 5.97 Å². The van der Waals surface area contributed by atoms with Gasteiger partial charge < -0.3 is 9.84 Å². The van der Waals surface area contributed by atoms with Crippen LogP contribution in [-0.4, -0.2) is 23.8 Å².